The summed E-state index contributed by atoms with van der Waals surface area (Å²) in [7, 11) is 2.02. The average Bonchev–Trinajstić information content (AvgIpc) is 2.97. The van der Waals surface area contributed by atoms with E-state index in [0.29, 0.717) is 11.1 Å². The molecule has 20 heavy (non-hydrogen) atoms. The van der Waals surface area contributed by atoms with Crippen LogP contribution in [0.5, 0.6) is 0 Å². The Morgan fingerprint density at radius 2 is 2.05 bits per heavy atom. The molecule has 1 aliphatic rings. The summed E-state index contributed by atoms with van der Waals surface area (Å²) in [6.07, 6.45) is 2.24. The van der Waals surface area contributed by atoms with Crippen molar-refractivity contribution in [3.05, 3.63) is 29.3 Å². The zero-order chi connectivity index (χ0) is 13.9. The minimum atomic E-state index is 0.605. The van der Waals surface area contributed by atoms with Crippen LogP contribution in [-0.4, -0.2) is 41.4 Å². The van der Waals surface area contributed by atoms with Crippen LogP contribution in [0.3, 0.4) is 0 Å². The first-order valence-corrected chi connectivity index (χ1v) is 7.25. The van der Waals surface area contributed by atoms with Gasteiger partial charge in [-0.05, 0) is 32.0 Å². The molecule has 1 aliphatic heterocycles. The van der Waals surface area contributed by atoms with Crippen LogP contribution in [0.15, 0.2) is 24.3 Å². The van der Waals surface area contributed by atoms with Crippen molar-refractivity contribution in [2.45, 2.75) is 18.9 Å². The monoisotopic (exact) mass is 291 g/mol. The van der Waals surface area contributed by atoms with Gasteiger partial charge in [0.1, 0.15) is 0 Å². The Hall–Kier alpha value is -1.59. The molecule has 1 saturated heterocycles. The zero-order valence-electron chi connectivity index (χ0n) is 11.4. The van der Waals surface area contributed by atoms with Gasteiger partial charge in [0.25, 0.3) is 0 Å². The molecule has 1 fully saturated rings. The van der Waals surface area contributed by atoms with E-state index in [0.717, 1.165) is 43.3 Å². The highest BCUT2D eigenvalue weighted by Gasteiger charge is 2.21. The van der Waals surface area contributed by atoms with Crippen LogP contribution in [0, 0.1) is 0 Å². The molecular weight excluding hydrogens is 274 g/mol. The van der Waals surface area contributed by atoms with E-state index >= 15 is 0 Å². The van der Waals surface area contributed by atoms with Gasteiger partial charge in [0.15, 0.2) is 5.82 Å². The Kier molecular flexibility index (Phi) is 3.89. The number of aromatic amines is 1. The van der Waals surface area contributed by atoms with Gasteiger partial charge < -0.3 is 10.2 Å². The number of nitrogens with one attached hydrogen (secondary N) is 2. The van der Waals surface area contributed by atoms with E-state index in [9.17, 15) is 0 Å². The minimum Gasteiger partial charge on any atom is -0.339 e. The normalized spacial score (nSPS) is 16.6. The lowest BCUT2D eigenvalue weighted by molar-refractivity contribution is 0.439. The largest absolute Gasteiger partial charge is 0.339 e. The molecule has 0 radical (unpaired) electrons. The molecule has 1 aromatic heterocycles. The van der Waals surface area contributed by atoms with Crippen LogP contribution < -0.4 is 10.2 Å². The lowest BCUT2D eigenvalue weighted by Gasteiger charge is -2.30. The number of anilines is 1. The fourth-order valence-electron chi connectivity index (χ4n) is 2.54. The first-order chi connectivity index (χ1) is 9.78. The van der Waals surface area contributed by atoms with Crippen LogP contribution in [0.1, 0.15) is 12.8 Å². The first-order valence-electron chi connectivity index (χ1n) is 6.87. The Bertz CT molecular complexity index is 574. The van der Waals surface area contributed by atoms with Crippen LogP contribution >= 0.6 is 11.6 Å². The fourth-order valence-corrected chi connectivity index (χ4v) is 2.76. The Morgan fingerprint density at radius 3 is 2.75 bits per heavy atom. The molecule has 2 heterocycles. The van der Waals surface area contributed by atoms with Crippen molar-refractivity contribution in [2.24, 2.45) is 0 Å². The van der Waals surface area contributed by atoms with E-state index in [-0.39, 0.29) is 0 Å². The Labute approximate surface area is 123 Å². The number of H-pyrrole nitrogens is 1. The molecule has 0 bridgehead atoms. The van der Waals surface area contributed by atoms with E-state index in [1.165, 1.54) is 0 Å². The van der Waals surface area contributed by atoms with E-state index in [2.05, 4.69) is 25.4 Å². The summed E-state index contributed by atoms with van der Waals surface area (Å²) in [5.74, 6) is 1.48. The highest BCUT2D eigenvalue weighted by molar-refractivity contribution is 6.33. The molecule has 3 rings (SSSR count). The zero-order valence-corrected chi connectivity index (χ0v) is 12.2. The molecule has 5 nitrogen and oxygen atoms in total. The number of hydrogen-bond acceptors (Lipinski definition) is 4. The van der Waals surface area contributed by atoms with E-state index < -0.39 is 0 Å². The van der Waals surface area contributed by atoms with Gasteiger partial charge in [0, 0.05) is 24.7 Å². The van der Waals surface area contributed by atoms with E-state index in [1.807, 2.05) is 31.3 Å². The smallest absolute Gasteiger partial charge is 0.245 e. The van der Waals surface area contributed by atoms with Crippen LogP contribution in [0.4, 0.5) is 5.95 Å². The van der Waals surface area contributed by atoms with Gasteiger partial charge in [-0.3, -0.25) is 5.10 Å². The van der Waals surface area contributed by atoms with Gasteiger partial charge in [-0.1, -0.05) is 23.7 Å². The van der Waals surface area contributed by atoms with Crippen molar-refractivity contribution in [1.29, 1.82) is 0 Å². The minimum absolute atomic E-state index is 0.605. The van der Waals surface area contributed by atoms with Gasteiger partial charge in [-0.25, -0.2) is 0 Å². The lowest BCUT2D eigenvalue weighted by Crippen LogP contribution is -2.41. The van der Waals surface area contributed by atoms with Gasteiger partial charge in [0.2, 0.25) is 5.95 Å². The quantitative estimate of drug-likeness (QED) is 0.911. The Morgan fingerprint density at radius 1 is 1.30 bits per heavy atom. The van der Waals surface area contributed by atoms with Crippen molar-refractivity contribution in [3.8, 4) is 11.4 Å². The summed E-state index contributed by atoms with van der Waals surface area (Å²) in [5.41, 5.74) is 0.887. The third kappa shape index (κ3) is 2.64. The highest BCUT2D eigenvalue weighted by Crippen LogP contribution is 2.26. The van der Waals surface area contributed by atoms with Crippen LogP contribution in [0.25, 0.3) is 11.4 Å². The lowest BCUT2D eigenvalue weighted by atomic mass is 10.1. The number of halogens is 1. The highest BCUT2D eigenvalue weighted by atomic mass is 35.5. The first kappa shape index (κ1) is 13.4. The second kappa shape index (κ2) is 5.81. The van der Waals surface area contributed by atoms with Crippen molar-refractivity contribution < 1.29 is 0 Å². The molecule has 0 spiro atoms. The topological polar surface area (TPSA) is 56.8 Å². The number of piperidine rings is 1. The van der Waals surface area contributed by atoms with Gasteiger partial charge >= 0.3 is 0 Å². The maximum absolute atomic E-state index is 6.18. The molecule has 2 N–H and O–H groups in total. The van der Waals surface area contributed by atoms with E-state index in [1.54, 1.807) is 0 Å². The molecule has 0 amide bonds. The molecular formula is C14H18ClN5. The average molecular weight is 292 g/mol. The molecule has 6 heteroatoms. The molecule has 106 valence electrons. The second-order valence-corrected chi connectivity index (χ2v) is 5.42. The number of nitrogens with zero attached hydrogens (tertiary/aromatic N) is 3. The molecule has 0 unspecified atom stereocenters. The second-order valence-electron chi connectivity index (χ2n) is 5.01. The summed E-state index contributed by atoms with van der Waals surface area (Å²) >= 11 is 6.18. The number of hydrogen-bond donors (Lipinski definition) is 2. The molecule has 2 aromatic rings. The number of benzene rings is 1. The SMILES string of the molecule is CNC1CCN(c2n[nH]c(-c3ccccc3Cl)n2)CC1. The number of rotatable bonds is 3. The molecule has 0 atom stereocenters. The van der Waals surface area contributed by atoms with Crippen molar-refractivity contribution >= 4 is 17.5 Å². The molecule has 1 aromatic carbocycles. The summed E-state index contributed by atoms with van der Waals surface area (Å²) in [4.78, 5) is 6.78. The predicted octanol–water partition coefficient (Wildman–Crippen LogP) is 2.31. The van der Waals surface area contributed by atoms with Crippen LogP contribution in [-0.2, 0) is 0 Å². The summed E-state index contributed by atoms with van der Waals surface area (Å²) in [6.45, 7) is 1.96. The van der Waals surface area contributed by atoms with Gasteiger partial charge in [-0.15, -0.1) is 5.10 Å². The van der Waals surface area contributed by atoms with Crippen molar-refractivity contribution in [3.63, 3.8) is 0 Å². The van der Waals surface area contributed by atoms with Gasteiger partial charge in [-0.2, -0.15) is 4.98 Å². The Balaban J connectivity index is 1.76. The van der Waals surface area contributed by atoms with Crippen molar-refractivity contribution in [1.82, 2.24) is 20.5 Å². The molecule has 0 aliphatic carbocycles. The fraction of sp³-hybridized carbons (Fsp3) is 0.429. The van der Waals surface area contributed by atoms with E-state index in [4.69, 9.17) is 11.6 Å². The van der Waals surface area contributed by atoms with Gasteiger partial charge in [0.05, 0.1) is 5.02 Å². The summed E-state index contributed by atoms with van der Waals surface area (Å²) in [5, 5.41) is 11.3. The molecule has 0 saturated carbocycles. The standard InChI is InChI=1S/C14H18ClN5/c1-16-10-6-8-20(9-7-10)14-17-13(18-19-14)11-4-2-3-5-12(11)15/h2-5,10,16H,6-9H2,1H3,(H,17,18,19). The van der Waals surface area contributed by atoms with Crippen molar-refractivity contribution in [2.75, 3.05) is 25.0 Å². The summed E-state index contributed by atoms with van der Waals surface area (Å²) < 4.78 is 0. The maximum Gasteiger partial charge on any atom is 0.245 e. The number of aromatic nitrogens is 3. The third-order valence-electron chi connectivity index (χ3n) is 3.79. The summed E-state index contributed by atoms with van der Waals surface area (Å²) in [6, 6.07) is 8.26. The predicted molar refractivity (Wildman–Crippen MR) is 81.1 cm³/mol. The third-order valence-corrected chi connectivity index (χ3v) is 4.12. The van der Waals surface area contributed by atoms with Crippen LogP contribution in [0.2, 0.25) is 5.02 Å². The maximum atomic E-state index is 6.18.